The number of rotatable bonds is 9. The highest BCUT2D eigenvalue weighted by atomic mass is 16.6. The van der Waals surface area contributed by atoms with Crippen molar-refractivity contribution >= 4 is 0 Å². The van der Waals surface area contributed by atoms with Crippen molar-refractivity contribution in [1.82, 2.24) is 5.32 Å². The van der Waals surface area contributed by atoms with Crippen molar-refractivity contribution in [3.05, 3.63) is 24.3 Å². The molecule has 0 bridgehead atoms. The van der Waals surface area contributed by atoms with E-state index in [1.807, 2.05) is 24.3 Å². The van der Waals surface area contributed by atoms with Gasteiger partial charge in [0.15, 0.2) is 0 Å². The number of hydrogen-bond donors (Lipinski definition) is 1. The van der Waals surface area contributed by atoms with Gasteiger partial charge in [0.05, 0.1) is 20.3 Å². The molecule has 0 saturated heterocycles. The van der Waals surface area contributed by atoms with Crippen LogP contribution < -0.4 is 14.8 Å². The van der Waals surface area contributed by atoms with Gasteiger partial charge in [-0.1, -0.05) is 13.0 Å². The van der Waals surface area contributed by atoms with Crippen molar-refractivity contribution in [2.24, 2.45) is 0 Å². The zero-order chi connectivity index (χ0) is 15.1. The standard InChI is InChI=1S/C16H25NO4/c1-4-17-14-11-15(16(14)20-9-8-18-2)21-13-7-5-6-12(10-13)19-3/h5-7,10,14-17H,4,8-9,11H2,1-3H3. The van der Waals surface area contributed by atoms with Crippen LogP contribution in [0.3, 0.4) is 0 Å². The lowest BCUT2D eigenvalue weighted by atomic mass is 9.85. The van der Waals surface area contributed by atoms with Gasteiger partial charge in [0.2, 0.25) is 0 Å². The summed E-state index contributed by atoms with van der Waals surface area (Å²) in [6, 6.07) is 8.02. The third-order valence-corrected chi connectivity index (χ3v) is 3.64. The maximum absolute atomic E-state index is 6.03. The third-order valence-electron chi connectivity index (χ3n) is 3.64. The monoisotopic (exact) mass is 295 g/mol. The van der Waals surface area contributed by atoms with E-state index in [1.54, 1.807) is 14.2 Å². The van der Waals surface area contributed by atoms with Crippen LogP contribution >= 0.6 is 0 Å². The summed E-state index contributed by atoms with van der Waals surface area (Å²) in [7, 11) is 3.33. The van der Waals surface area contributed by atoms with Crippen molar-refractivity contribution in [2.45, 2.75) is 31.6 Å². The Morgan fingerprint density at radius 2 is 2.00 bits per heavy atom. The maximum Gasteiger partial charge on any atom is 0.128 e. The second-order valence-corrected chi connectivity index (χ2v) is 5.06. The Bertz CT molecular complexity index is 426. The van der Waals surface area contributed by atoms with Gasteiger partial charge in [0.25, 0.3) is 0 Å². The van der Waals surface area contributed by atoms with E-state index in [0.29, 0.717) is 19.3 Å². The molecule has 5 nitrogen and oxygen atoms in total. The highest BCUT2D eigenvalue weighted by molar-refractivity contribution is 5.33. The van der Waals surface area contributed by atoms with E-state index in [0.717, 1.165) is 24.5 Å². The van der Waals surface area contributed by atoms with Crippen molar-refractivity contribution in [3.63, 3.8) is 0 Å². The fourth-order valence-corrected chi connectivity index (χ4v) is 2.50. The van der Waals surface area contributed by atoms with E-state index in [9.17, 15) is 0 Å². The first kappa shape index (κ1) is 16.1. The Labute approximate surface area is 126 Å². The predicted octanol–water partition coefficient (Wildman–Crippen LogP) is 1.86. The summed E-state index contributed by atoms with van der Waals surface area (Å²) in [5.74, 6) is 1.61. The van der Waals surface area contributed by atoms with Crippen LogP contribution in [0.15, 0.2) is 24.3 Å². The van der Waals surface area contributed by atoms with Crippen LogP contribution in [0, 0.1) is 0 Å². The number of nitrogens with one attached hydrogen (secondary N) is 1. The lowest BCUT2D eigenvalue weighted by Gasteiger charge is -2.44. The second kappa shape index (κ2) is 8.22. The summed E-state index contributed by atoms with van der Waals surface area (Å²) in [4.78, 5) is 0. The number of hydrogen-bond acceptors (Lipinski definition) is 5. The Kier molecular flexibility index (Phi) is 6.29. The smallest absolute Gasteiger partial charge is 0.128 e. The Balaban J connectivity index is 1.91. The molecule has 21 heavy (non-hydrogen) atoms. The van der Waals surface area contributed by atoms with Crippen LogP contribution in [0.4, 0.5) is 0 Å². The molecule has 3 unspecified atom stereocenters. The molecule has 1 aromatic rings. The van der Waals surface area contributed by atoms with Crippen molar-refractivity contribution in [1.29, 1.82) is 0 Å². The highest BCUT2D eigenvalue weighted by Crippen LogP contribution is 2.30. The molecule has 5 heteroatoms. The van der Waals surface area contributed by atoms with Crippen LogP contribution in [0.1, 0.15) is 13.3 Å². The second-order valence-electron chi connectivity index (χ2n) is 5.06. The van der Waals surface area contributed by atoms with E-state index < -0.39 is 0 Å². The SMILES string of the molecule is CCNC1CC(Oc2cccc(OC)c2)C1OCCOC. The molecule has 1 fully saturated rings. The molecule has 0 amide bonds. The van der Waals surface area contributed by atoms with Crippen LogP contribution in [0.2, 0.25) is 0 Å². The van der Waals surface area contributed by atoms with Crippen molar-refractivity contribution in [3.8, 4) is 11.5 Å². The lowest BCUT2D eigenvalue weighted by Crippen LogP contribution is -2.61. The van der Waals surface area contributed by atoms with Crippen LogP contribution in [0.5, 0.6) is 11.5 Å². The third kappa shape index (κ3) is 4.33. The van der Waals surface area contributed by atoms with Crippen LogP contribution in [0.25, 0.3) is 0 Å². The molecule has 1 aliphatic carbocycles. The predicted molar refractivity (Wildman–Crippen MR) is 81.1 cm³/mol. The minimum absolute atomic E-state index is 0.0614. The van der Waals surface area contributed by atoms with Gasteiger partial charge in [-0.25, -0.2) is 0 Å². The summed E-state index contributed by atoms with van der Waals surface area (Å²) < 4.78 is 22.2. The molecule has 0 heterocycles. The molecule has 118 valence electrons. The average Bonchev–Trinajstić information content (AvgIpc) is 2.50. The van der Waals surface area contributed by atoms with Gasteiger partial charge in [0, 0.05) is 25.6 Å². The molecule has 1 N–H and O–H groups in total. The summed E-state index contributed by atoms with van der Waals surface area (Å²) >= 11 is 0. The Morgan fingerprint density at radius 1 is 1.19 bits per heavy atom. The first-order chi connectivity index (χ1) is 10.3. The Morgan fingerprint density at radius 3 is 2.71 bits per heavy atom. The summed E-state index contributed by atoms with van der Waals surface area (Å²) in [5.41, 5.74) is 0. The highest BCUT2D eigenvalue weighted by Gasteiger charge is 2.43. The normalized spacial score (nSPS) is 24.4. The quantitative estimate of drug-likeness (QED) is 0.705. The minimum atomic E-state index is 0.0614. The van der Waals surface area contributed by atoms with E-state index >= 15 is 0 Å². The first-order valence-corrected chi connectivity index (χ1v) is 7.43. The molecule has 2 rings (SSSR count). The molecule has 1 aliphatic rings. The fourth-order valence-electron chi connectivity index (χ4n) is 2.50. The van der Waals surface area contributed by atoms with Gasteiger partial charge in [-0.05, 0) is 18.7 Å². The summed E-state index contributed by atoms with van der Waals surface area (Å²) in [6.07, 6.45) is 1.08. The molecular weight excluding hydrogens is 270 g/mol. The topological polar surface area (TPSA) is 49.0 Å². The van der Waals surface area contributed by atoms with Gasteiger partial charge >= 0.3 is 0 Å². The Hall–Kier alpha value is -1.30. The van der Waals surface area contributed by atoms with Gasteiger partial charge in [-0.3, -0.25) is 0 Å². The molecule has 0 spiro atoms. The van der Waals surface area contributed by atoms with E-state index in [2.05, 4.69) is 12.2 Å². The molecule has 0 aromatic heterocycles. The van der Waals surface area contributed by atoms with Gasteiger partial charge in [-0.15, -0.1) is 0 Å². The van der Waals surface area contributed by atoms with Crippen molar-refractivity contribution < 1.29 is 18.9 Å². The first-order valence-electron chi connectivity index (χ1n) is 7.43. The van der Waals surface area contributed by atoms with Crippen molar-refractivity contribution in [2.75, 3.05) is 34.0 Å². The zero-order valence-electron chi connectivity index (χ0n) is 13.0. The average molecular weight is 295 g/mol. The molecule has 0 aliphatic heterocycles. The minimum Gasteiger partial charge on any atom is -0.497 e. The largest absolute Gasteiger partial charge is 0.497 e. The van der Waals surface area contributed by atoms with E-state index in [1.165, 1.54) is 0 Å². The van der Waals surface area contributed by atoms with Gasteiger partial charge in [-0.2, -0.15) is 0 Å². The molecular formula is C16H25NO4. The molecule has 0 radical (unpaired) electrons. The molecule has 1 aromatic carbocycles. The van der Waals surface area contributed by atoms with Crippen LogP contribution in [-0.4, -0.2) is 52.2 Å². The lowest BCUT2D eigenvalue weighted by molar-refractivity contribution is -0.115. The number of ether oxygens (including phenoxy) is 4. The number of methoxy groups -OCH3 is 2. The van der Waals surface area contributed by atoms with Gasteiger partial charge in [0.1, 0.15) is 23.7 Å². The van der Waals surface area contributed by atoms with E-state index in [-0.39, 0.29) is 12.2 Å². The fraction of sp³-hybridized carbons (Fsp3) is 0.625. The summed E-state index contributed by atoms with van der Waals surface area (Å²) in [5, 5.41) is 3.43. The summed E-state index contributed by atoms with van der Waals surface area (Å²) in [6.45, 7) is 4.21. The molecule has 3 atom stereocenters. The van der Waals surface area contributed by atoms with Gasteiger partial charge < -0.3 is 24.3 Å². The van der Waals surface area contributed by atoms with E-state index in [4.69, 9.17) is 18.9 Å². The van der Waals surface area contributed by atoms with Crippen LogP contribution in [-0.2, 0) is 9.47 Å². The maximum atomic E-state index is 6.03. The zero-order valence-corrected chi connectivity index (χ0v) is 13.0. The molecule has 1 saturated carbocycles. The number of likely N-dealkylation sites (N-methyl/N-ethyl adjacent to an activating group) is 1. The number of benzene rings is 1.